The molecule has 0 saturated carbocycles. The number of hydrogen-bond donors (Lipinski definition) is 1. The predicted molar refractivity (Wildman–Crippen MR) is 75.8 cm³/mol. The van der Waals surface area contributed by atoms with Gasteiger partial charge < -0.3 is 19.7 Å². The number of anilines is 1. The molecule has 0 heterocycles. The summed E-state index contributed by atoms with van der Waals surface area (Å²) >= 11 is 0. The van der Waals surface area contributed by atoms with Crippen molar-refractivity contribution in [3.8, 4) is 5.75 Å². The van der Waals surface area contributed by atoms with E-state index in [2.05, 4.69) is 5.32 Å². The van der Waals surface area contributed by atoms with E-state index in [4.69, 9.17) is 9.47 Å². The van der Waals surface area contributed by atoms with Crippen LogP contribution in [0.25, 0.3) is 0 Å². The Balaban J connectivity index is 2.58. The summed E-state index contributed by atoms with van der Waals surface area (Å²) in [5.74, 6) is 0.234. The second-order valence-corrected chi connectivity index (χ2v) is 4.21. The van der Waals surface area contributed by atoms with E-state index < -0.39 is 0 Å². The van der Waals surface area contributed by atoms with E-state index in [0.717, 1.165) is 0 Å². The molecule has 0 saturated heterocycles. The molecule has 20 heavy (non-hydrogen) atoms. The molecule has 0 radical (unpaired) electrons. The summed E-state index contributed by atoms with van der Waals surface area (Å²) in [4.78, 5) is 24.7. The quantitative estimate of drug-likeness (QED) is 0.813. The van der Waals surface area contributed by atoms with Crippen molar-refractivity contribution >= 4 is 17.5 Å². The maximum Gasteiger partial charge on any atom is 0.243 e. The zero-order valence-electron chi connectivity index (χ0n) is 12.0. The number of carbonyl (C=O) groups is 2. The van der Waals surface area contributed by atoms with E-state index >= 15 is 0 Å². The number of nitrogens with one attached hydrogen (secondary N) is 1. The first-order chi connectivity index (χ1) is 9.56. The molecule has 0 aliphatic carbocycles. The molecule has 2 amide bonds. The Morgan fingerprint density at radius 2 is 2.05 bits per heavy atom. The number of methoxy groups -OCH3 is 2. The highest BCUT2D eigenvalue weighted by atomic mass is 16.5. The number of hydrogen-bond acceptors (Lipinski definition) is 4. The molecule has 0 aliphatic rings. The summed E-state index contributed by atoms with van der Waals surface area (Å²) in [5, 5.41) is 2.72. The molecule has 1 aromatic carbocycles. The molecule has 1 N–H and O–H groups in total. The molecule has 0 aliphatic heterocycles. The highest BCUT2D eigenvalue weighted by Gasteiger charge is 2.13. The van der Waals surface area contributed by atoms with Gasteiger partial charge in [0.15, 0.2) is 0 Å². The molecule has 0 bridgehead atoms. The van der Waals surface area contributed by atoms with Gasteiger partial charge in [-0.15, -0.1) is 0 Å². The van der Waals surface area contributed by atoms with Gasteiger partial charge in [0.2, 0.25) is 11.8 Å². The Morgan fingerprint density at radius 1 is 1.30 bits per heavy atom. The van der Waals surface area contributed by atoms with Crippen LogP contribution in [0.15, 0.2) is 24.3 Å². The summed E-state index contributed by atoms with van der Waals surface area (Å²) in [5.41, 5.74) is 0.629. The van der Waals surface area contributed by atoms with Crippen LogP contribution in [0.5, 0.6) is 5.75 Å². The molecule has 1 aromatic rings. The van der Waals surface area contributed by atoms with Gasteiger partial charge in [-0.3, -0.25) is 9.59 Å². The maximum absolute atomic E-state index is 11.9. The van der Waals surface area contributed by atoms with Crippen molar-refractivity contribution in [1.29, 1.82) is 0 Å². The van der Waals surface area contributed by atoms with Crippen molar-refractivity contribution in [2.24, 2.45) is 0 Å². The first kappa shape index (κ1) is 16.0. The van der Waals surface area contributed by atoms with Crippen molar-refractivity contribution in [1.82, 2.24) is 4.90 Å². The second kappa shape index (κ2) is 8.16. The van der Waals surface area contributed by atoms with Crippen molar-refractivity contribution in [2.75, 3.05) is 39.2 Å². The van der Waals surface area contributed by atoms with E-state index in [0.29, 0.717) is 24.6 Å². The van der Waals surface area contributed by atoms with E-state index in [1.807, 2.05) is 0 Å². The largest absolute Gasteiger partial charge is 0.497 e. The van der Waals surface area contributed by atoms with Gasteiger partial charge >= 0.3 is 0 Å². The summed E-state index contributed by atoms with van der Waals surface area (Å²) in [6, 6.07) is 7.04. The molecule has 6 nitrogen and oxygen atoms in total. The van der Waals surface area contributed by atoms with Gasteiger partial charge in [-0.2, -0.15) is 0 Å². The molecule has 6 heteroatoms. The molecule has 0 spiro atoms. The number of benzene rings is 1. The van der Waals surface area contributed by atoms with Gasteiger partial charge in [-0.05, 0) is 12.1 Å². The summed E-state index contributed by atoms with van der Waals surface area (Å²) < 4.78 is 9.99. The second-order valence-electron chi connectivity index (χ2n) is 4.21. The minimum Gasteiger partial charge on any atom is -0.497 e. The van der Waals surface area contributed by atoms with Crippen LogP contribution < -0.4 is 10.1 Å². The molecular formula is C14H20N2O4. The zero-order valence-corrected chi connectivity index (χ0v) is 12.0. The normalized spacial score (nSPS) is 9.95. The number of rotatable bonds is 7. The Labute approximate surface area is 118 Å². The molecule has 110 valence electrons. The standard InChI is InChI=1S/C14H20N2O4/c1-11(17)16(7-8-19-2)10-14(18)15-12-5-4-6-13(9-12)20-3/h4-6,9H,7-8,10H2,1-3H3,(H,15,18). The third kappa shape index (κ3) is 5.27. The van der Waals surface area contributed by atoms with Crippen molar-refractivity contribution in [2.45, 2.75) is 6.92 Å². The monoisotopic (exact) mass is 280 g/mol. The lowest BCUT2D eigenvalue weighted by atomic mass is 10.3. The number of amides is 2. The Bertz CT molecular complexity index is 462. The topological polar surface area (TPSA) is 67.9 Å². The van der Waals surface area contributed by atoms with Crippen molar-refractivity contribution in [3.05, 3.63) is 24.3 Å². The van der Waals surface area contributed by atoms with Gasteiger partial charge in [0.05, 0.1) is 20.3 Å². The fourth-order valence-corrected chi connectivity index (χ4v) is 1.62. The van der Waals surface area contributed by atoms with Crippen molar-refractivity contribution in [3.63, 3.8) is 0 Å². The first-order valence-corrected chi connectivity index (χ1v) is 6.25. The lowest BCUT2D eigenvalue weighted by molar-refractivity contribution is -0.133. The van der Waals surface area contributed by atoms with Gasteiger partial charge in [-0.25, -0.2) is 0 Å². The minimum atomic E-state index is -0.260. The third-order valence-corrected chi connectivity index (χ3v) is 2.70. The minimum absolute atomic E-state index is 0.00406. The van der Waals surface area contributed by atoms with E-state index in [-0.39, 0.29) is 18.4 Å². The Morgan fingerprint density at radius 3 is 2.65 bits per heavy atom. The molecule has 0 aromatic heterocycles. The van der Waals surface area contributed by atoms with Gasteiger partial charge in [0, 0.05) is 32.3 Å². The number of ether oxygens (including phenoxy) is 2. The third-order valence-electron chi connectivity index (χ3n) is 2.70. The predicted octanol–water partition coefficient (Wildman–Crippen LogP) is 1.13. The molecule has 0 unspecified atom stereocenters. The fraction of sp³-hybridized carbons (Fsp3) is 0.429. The van der Waals surface area contributed by atoms with E-state index in [9.17, 15) is 9.59 Å². The Hall–Kier alpha value is -2.08. The lowest BCUT2D eigenvalue weighted by Crippen LogP contribution is -2.38. The molecule has 1 rings (SSSR count). The van der Waals surface area contributed by atoms with Crippen LogP contribution in [0.3, 0.4) is 0 Å². The summed E-state index contributed by atoms with van der Waals surface area (Å²) in [6.45, 7) is 2.20. The highest BCUT2D eigenvalue weighted by molar-refractivity contribution is 5.94. The average molecular weight is 280 g/mol. The molecule has 0 fully saturated rings. The van der Waals surface area contributed by atoms with Crippen LogP contribution in [0.1, 0.15) is 6.92 Å². The zero-order chi connectivity index (χ0) is 15.0. The van der Waals surface area contributed by atoms with E-state index in [1.54, 1.807) is 38.5 Å². The van der Waals surface area contributed by atoms with E-state index in [1.165, 1.54) is 11.8 Å². The maximum atomic E-state index is 11.9. The molecular weight excluding hydrogens is 260 g/mol. The van der Waals surface area contributed by atoms with Gasteiger partial charge in [0.25, 0.3) is 0 Å². The van der Waals surface area contributed by atoms with Gasteiger partial charge in [-0.1, -0.05) is 6.07 Å². The van der Waals surface area contributed by atoms with Crippen LogP contribution in [-0.2, 0) is 14.3 Å². The van der Waals surface area contributed by atoms with Crippen LogP contribution in [-0.4, -0.2) is 50.6 Å². The molecule has 0 atom stereocenters. The highest BCUT2D eigenvalue weighted by Crippen LogP contribution is 2.16. The summed E-state index contributed by atoms with van der Waals surface area (Å²) in [7, 11) is 3.11. The number of carbonyl (C=O) groups excluding carboxylic acids is 2. The van der Waals surface area contributed by atoms with Crippen LogP contribution in [0.2, 0.25) is 0 Å². The van der Waals surface area contributed by atoms with Gasteiger partial charge in [0.1, 0.15) is 5.75 Å². The first-order valence-electron chi connectivity index (χ1n) is 6.25. The smallest absolute Gasteiger partial charge is 0.243 e. The summed E-state index contributed by atoms with van der Waals surface area (Å²) in [6.07, 6.45) is 0. The van der Waals surface area contributed by atoms with Crippen LogP contribution >= 0.6 is 0 Å². The Kier molecular flexibility index (Phi) is 6.52. The van der Waals surface area contributed by atoms with Crippen LogP contribution in [0, 0.1) is 0 Å². The fourth-order valence-electron chi connectivity index (χ4n) is 1.62. The van der Waals surface area contributed by atoms with Crippen LogP contribution in [0.4, 0.5) is 5.69 Å². The van der Waals surface area contributed by atoms with Crippen molar-refractivity contribution < 1.29 is 19.1 Å². The number of nitrogens with zero attached hydrogens (tertiary/aromatic N) is 1. The SMILES string of the molecule is COCCN(CC(=O)Nc1cccc(OC)c1)C(C)=O. The average Bonchev–Trinajstić information content (AvgIpc) is 2.43. The lowest BCUT2D eigenvalue weighted by Gasteiger charge is -2.20.